The van der Waals surface area contributed by atoms with E-state index in [9.17, 15) is 0 Å². The summed E-state index contributed by atoms with van der Waals surface area (Å²) in [4.78, 5) is 12.6. The van der Waals surface area contributed by atoms with Gasteiger partial charge in [0.2, 0.25) is 0 Å². The fraction of sp³-hybridized carbons (Fsp3) is 0.0690. The molecule has 0 aliphatic rings. The maximum absolute atomic E-state index is 5.65. The average molecular weight is 678 g/mol. The zero-order valence-corrected chi connectivity index (χ0v) is 23.6. The SMILES string of the molecule is Cc1ccnc(-n2cccn2)c1.Cc1ccnc(-n2cccn2)c1.Nc1cc[c-]c(-c2ccccn2)c1.[Os+]. The Morgan fingerprint density at radius 2 is 1.26 bits per heavy atom. The largest absolute Gasteiger partial charge is 1.00 e. The summed E-state index contributed by atoms with van der Waals surface area (Å²) in [6.07, 6.45) is 12.6. The van der Waals surface area contributed by atoms with Crippen LogP contribution in [0.25, 0.3) is 22.9 Å². The molecule has 0 aliphatic heterocycles. The maximum Gasteiger partial charge on any atom is 1.00 e. The number of nitrogens with two attached hydrogens (primary N) is 1. The molecule has 191 valence electrons. The second-order valence-electron chi connectivity index (χ2n) is 8.03. The van der Waals surface area contributed by atoms with Gasteiger partial charge in [0.15, 0.2) is 11.6 Å². The molecule has 0 fully saturated rings. The maximum atomic E-state index is 5.65. The number of hydrogen-bond acceptors (Lipinski definition) is 6. The van der Waals surface area contributed by atoms with Crippen molar-refractivity contribution in [1.29, 1.82) is 0 Å². The van der Waals surface area contributed by atoms with Crippen molar-refractivity contribution >= 4 is 5.69 Å². The summed E-state index contributed by atoms with van der Waals surface area (Å²) in [7, 11) is 0. The summed E-state index contributed by atoms with van der Waals surface area (Å²) in [5.74, 6) is 1.72. The summed E-state index contributed by atoms with van der Waals surface area (Å²) in [5, 5.41) is 8.16. The molecule has 0 saturated carbocycles. The number of benzene rings is 1. The van der Waals surface area contributed by atoms with E-state index >= 15 is 0 Å². The second-order valence-corrected chi connectivity index (χ2v) is 8.03. The van der Waals surface area contributed by atoms with E-state index in [0.29, 0.717) is 0 Å². The van der Waals surface area contributed by atoms with Gasteiger partial charge in [0.05, 0.1) is 0 Å². The molecule has 5 aromatic heterocycles. The van der Waals surface area contributed by atoms with Crippen molar-refractivity contribution in [1.82, 2.24) is 34.5 Å². The Labute approximate surface area is 235 Å². The predicted octanol–water partition coefficient (Wildman–Crippen LogP) is 5.28. The van der Waals surface area contributed by atoms with Crippen LogP contribution in [-0.4, -0.2) is 34.5 Å². The molecular formula is C29H27N8Os. The minimum Gasteiger partial charge on any atom is -0.414 e. The normalized spacial score (nSPS) is 9.74. The Morgan fingerprint density at radius 1 is 0.658 bits per heavy atom. The van der Waals surface area contributed by atoms with Crippen LogP contribution in [0.2, 0.25) is 0 Å². The first-order valence-electron chi connectivity index (χ1n) is 11.6. The molecule has 9 heteroatoms. The van der Waals surface area contributed by atoms with Gasteiger partial charge in [0, 0.05) is 43.4 Å². The fourth-order valence-corrected chi connectivity index (χ4v) is 3.25. The number of pyridine rings is 3. The van der Waals surface area contributed by atoms with Crippen molar-refractivity contribution in [2.24, 2.45) is 0 Å². The number of anilines is 1. The smallest absolute Gasteiger partial charge is 0.414 e. The van der Waals surface area contributed by atoms with Crippen LogP contribution in [0.15, 0.2) is 116 Å². The summed E-state index contributed by atoms with van der Waals surface area (Å²) >= 11 is 0. The van der Waals surface area contributed by atoms with Crippen molar-refractivity contribution in [3.8, 4) is 22.9 Å². The van der Waals surface area contributed by atoms with E-state index in [4.69, 9.17) is 5.73 Å². The Balaban J connectivity index is 0.000000156. The van der Waals surface area contributed by atoms with Crippen LogP contribution in [0.1, 0.15) is 11.1 Å². The predicted molar refractivity (Wildman–Crippen MR) is 145 cm³/mol. The van der Waals surface area contributed by atoms with Crippen LogP contribution in [0, 0.1) is 19.9 Å². The van der Waals surface area contributed by atoms with Crippen molar-refractivity contribution in [2.75, 3.05) is 5.73 Å². The molecule has 6 rings (SSSR count). The van der Waals surface area contributed by atoms with Crippen molar-refractivity contribution in [3.63, 3.8) is 0 Å². The monoisotopic (exact) mass is 679 g/mol. The van der Waals surface area contributed by atoms with Gasteiger partial charge in [0.1, 0.15) is 0 Å². The van der Waals surface area contributed by atoms with Crippen LogP contribution in [0.3, 0.4) is 0 Å². The van der Waals surface area contributed by atoms with Crippen LogP contribution in [0.5, 0.6) is 0 Å². The third-order valence-electron chi connectivity index (χ3n) is 5.05. The molecule has 0 spiro atoms. The van der Waals surface area contributed by atoms with E-state index in [1.54, 1.807) is 46.4 Å². The first kappa shape index (κ1) is 28.1. The Hall–Kier alpha value is -4.47. The summed E-state index contributed by atoms with van der Waals surface area (Å²) in [6.45, 7) is 4.07. The van der Waals surface area contributed by atoms with E-state index in [1.165, 1.54) is 11.1 Å². The molecule has 0 aliphatic carbocycles. The molecule has 6 aromatic rings. The first-order chi connectivity index (χ1) is 18.1. The fourth-order valence-electron chi connectivity index (χ4n) is 3.25. The van der Waals surface area contributed by atoms with E-state index in [0.717, 1.165) is 28.6 Å². The number of nitrogen functional groups attached to an aromatic ring is 1. The van der Waals surface area contributed by atoms with Gasteiger partial charge >= 0.3 is 19.8 Å². The van der Waals surface area contributed by atoms with Gasteiger partial charge < -0.3 is 10.7 Å². The van der Waals surface area contributed by atoms with Crippen LogP contribution in [-0.2, 0) is 19.8 Å². The second kappa shape index (κ2) is 14.3. The Kier molecular flexibility index (Phi) is 10.6. The minimum absolute atomic E-state index is 0. The molecule has 0 amide bonds. The number of nitrogens with zero attached hydrogens (tertiary/aromatic N) is 7. The van der Waals surface area contributed by atoms with E-state index in [-0.39, 0.29) is 19.8 Å². The van der Waals surface area contributed by atoms with Gasteiger partial charge in [0.25, 0.3) is 0 Å². The standard InChI is InChI=1S/C11H9N2.2C9H9N3.Os/c12-10-5-3-4-9(8-10)11-6-1-2-7-13-11;2*1-8-3-5-10-9(7-8)12-6-2-4-11-12;/h1-3,5-8H,12H2;2*2-7H,1H3;/q-1;;;+1. The molecule has 0 atom stereocenters. The van der Waals surface area contributed by atoms with Gasteiger partial charge in [-0.1, -0.05) is 17.8 Å². The number of aromatic nitrogens is 7. The van der Waals surface area contributed by atoms with Crippen molar-refractivity contribution < 1.29 is 19.8 Å². The van der Waals surface area contributed by atoms with E-state index in [2.05, 4.69) is 31.2 Å². The Morgan fingerprint density at radius 3 is 1.71 bits per heavy atom. The van der Waals surface area contributed by atoms with Gasteiger partial charge in [-0.15, -0.1) is 29.8 Å². The third-order valence-corrected chi connectivity index (χ3v) is 5.05. The van der Waals surface area contributed by atoms with Gasteiger partial charge in [-0.2, -0.15) is 10.2 Å². The Bertz CT molecular complexity index is 1430. The zero-order valence-electron chi connectivity index (χ0n) is 21.0. The molecule has 1 aromatic carbocycles. The molecule has 38 heavy (non-hydrogen) atoms. The molecule has 0 unspecified atom stereocenters. The molecule has 2 N–H and O–H groups in total. The van der Waals surface area contributed by atoms with Gasteiger partial charge in [-0.25, -0.2) is 19.3 Å². The topological polar surface area (TPSA) is 100 Å². The van der Waals surface area contributed by atoms with Crippen LogP contribution >= 0.6 is 0 Å². The van der Waals surface area contributed by atoms with Crippen molar-refractivity contribution in [2.45, 2.75) is 13.8 Å². The summed E-state index contributed by atoms with van der Waals surface area (Å²) in [6, 6.07) is 26.0. The average Bonchev–Trinajstić information content (AvgIpc) is 3.65. The van der Waals surface area contributed by atoms with Crippen LogP contribution in [0.4, 0.5) is 5.69 Å². The van der Waals surface area contributed by atoms with Gasteiger partial charge in [-0.3, -0.25) is 0 Å². The molecule has 0 saturated heterocycles. The molecule has 1 radical (unpaired) electrons. The molecular weight excluding hydrogens is 651 g/mol. The minimum atomic E-state index is 0. The third kappa shape index (κ3) is 8.29. The van der Waals surface area contributed by atoms with Gasteiger partial charge in [-0.05, 0) is 73.1 Å². The number of rotatable bonds is 3. The number of hydrogen-bond donors (Lipinski definition) is 1. The number of aryl methyl sites for hydroxylation is 2. The molecule has 5 heterocycles. The van der Waals surface area contributed by atoms with Crippen LogP contribution < -0.4 is 5.73 Å². The summed E-state index contributed by atoms with van der Waals surface area (Å²) < 4.78 is 3.49. The van der Waals surface area contributed by atoms with E-state index in [1.807, 2.05) is 93.0 Å². The zero-order chi connectivity index (χ0) is 25.9. The summed E-state index contributed by atoms with van der Waals surface area (Å²) in [5.41, 5.74) is 10.6. The van der Waals surface area contributed by atoms with E-state index < -0.39 is 0 Å². The molecule has 0 bridgehead atoms. The molecule has 8 nitrogen and oxygen atoms in total. The first-order valence-corrected chi connectivity index (χ1v) is 11.6. The quantitative estimate of drug-likeness (QED) is 0.202. The van der Waals surface area contributed by atoms with Crippen molar-refractivity contribution in [3.05, 3.63) is 133 Å².